The number of aromatic nitrogens is 2. The van der Waals surface area contributed by atoms with Crippen LogP contribution in [0.2, 0.25) is 0 Å². The van der Waals surface area contributed by atoms with E-state index in [0.29, 0.717) is 11.4 Å². The van der Waals surface area contributed by atoms with E-state index in [0.717, 1.165) is 15.2 Å². The number of rotatable bonds is 3. The average molecular weight is 269 g/mol. The molecule has 0 bridgehead atoms. The average Bonchev–Trinajstić information content (AvgIpc) is 2.81. The second-order valence-electron chi connectivity index (χ2n) is 4.12. The summed E-state index contributed by atoms with van der Waals surface area (Å²) in [6, 6.07) is 11.2. The summed E-state index contributed by atoms with van der Waals surface area (Å²) in [5.74, 6) is -0.0999. The number of nitrogen functional groups attached to an aromatic ring is 1. The Balaban J connectivity index is 1.89. The van der Waals surface area contributed by atoms with Gasteiger partial charge in [-0.25, -0.2) is 4.98 Å². The summed E-state index contributed by atoms with van der Waals surface area (Å²) in [6.45, 7) is 0. The third-order valence-electron chi connectivity index (χ3n) is 2.75. The number of nitrogens with two attached hydrogens (primary N) is 1. The highest BCUT2D eigenvalue weighted by Crippen LogP contribution is 2.23. The topological polar surface area (TPSA) is 68.9 Å². The zero-order valence-corrected chi connectivity index (χ0v) is 10.9. The van der Waals surface area contributed by atoms with E-state index in [2.05, 4.69) is 9.97 Å². The predicted octanol–water partition coefficient (Wildman–Crippen LogP) is 2.70. The molecule has 0 aliphatic rings. The van der Waals surface area contributed by atoms with E-state index in [1.807, 2.05) is 24.3 Å². The second-order valence-corrected chi connectivity index (χ2v) is 5.23. The van der Waals surface area contributed by atoms with Gasteiger partial charge >= 0.3 is 0 Å². The van der Waals surface area contributed by atoms with Crippen LogP contribution < -0.4 is 5.73 Å². The van der Waals surface area contributed by atoms with Crippen LogP contribution in [-0.4, -0.2) is 15.8 Å². The summed E-state index contributed by atoms with van der Waals surface area (Å²) < 4.78 is 1.08. The zero-order valence-electron chi connectivity index (χ0n) is 10.0. The molecule has 0 aliphatic carbocycles. The lowest BCUT2D eigenvalue weighted by molar-refractivity contribution is 0.0989. The van der Waals surface area contributed by atoms with Crippen LogP contribution in [0.3, 0.4) is 0 Å². The van der Waals surface area contributed by atoms with Crippen molar-refractivity contribution in [2.45, 2.75) is 6.42 Å². The summed E-state index contributed by atoms with van der Waals surface area (Å²) in [5.41, 5.74) is 7.40. The lowest BCUT2D eigenvalue weighted by Gasteiger charge is -2.00. The largest absolute Gasteiger partial charge is 0.397 e. The molecule has 3 rings (SSSR count). The Bertz CT molecular complexity index is 718. The number of hydrogen-bond acceptors (Lipinski definition) is 5. The number of hydrogen-bond donors (Lipinski definition) is 1. The minimum atomic E-state index is -0.0999. The number of fused-ring (bicyclic) bond motifs is 1. The van der Waals surface area contributed by atoms with Crippen molar-refractivity contribution >= 4 is 33.0 Å². The number of benzene rings is 1. The smallest absolute Gasteiger partial charge is 0.190 e. The maximum absolute atomic E-state index is 12.1. The molecular weight excluding hydrogens is 258 g/mol. The third kappa shape index (κ3) is 2.32. The molecule has 19 heavy (non-hydrogen) atoms. The SMILES string of the molecule is Nc1cccnc1C(=O)Cc1nc2ccccc2s1. The number of para-hydroxylation sites is 1. The molecule has 0 spiro atoms. The molecular formula is C14H11N3OS. The van der Waals surface area contributed by atoms with Crippen molar-refractivity contribution in [3.8, 4) is 0 Å². The first kappa shape index (κ1) is 11.8. The van der Waals surface area contributed by atoms with Gasteiger partial charge < -0.3 is 5.73 Å². The van der Waals surface area contributed by atoms with E-state index in [-0.39, 0.29) is 12.2 Å². The van der Waals surface area contributed by atoms with Crippen molar-refractivity contribution < 1.29 is 4.79 Å². The number of thiazole rings is 1. The van der Waals surface area contributed by atoms with Crippen molar-refractivity contribution in [2.75, 3.05) is 5.73 Å². The Morgan fingerprint density at radius 3 is 2.84 bits per heavy atom. The van der Waals surface area contributed by atoms with Crippen LogP contribution in [0.5, 0.6) is 0 Å². The second kappa shape index (κ2) is 4.78. The van der Waals surface area contributed by atoms with E-state index in [9.17, 15) is 4.79 Å². The Kier molecular flexibility index (Phi) is 2.97. The Morgan fingerprint density at radius 1 is 1.21 bits per heavy atom. The van der Waals surface area contributed by atoms with Crippen LogP contribution in [0.25, 0.3) is 10.2 Å². The molecule has 0 radical (unpaired) electrons. The van der Waals surface area contributed by atoms with Gasteiger partial charge in [-0.2, -0.15) is 0 Å². The summed E-state index contributed by atoms with van der Waals surface area (Å²) in [6.07, 6.45) is 1.81. The number of pyridine rings is 1. The lowest BCUT2D eigenvalue weighted by Crippen LogP contribution is -2.08. The van der Waals surface area contributed by atoms with Crippen molar-refractivity contribution in [3.05, 3.63) is 53.3 Å². The van der Waals surface area contributed by atoms with E-state index in [4.69, 9.17) is 5.73 Å². The molecule has 2 aromatic heterocycles. The number of nitrogens with zero attached hydrogens (tertiary/aromatic N) is 2. The highest BCUT2D eigenvalue weighted by Gasteiger charge is 2.14. The Morgan fingerprint density at radius 2 is 2.05 bits per heavy atom. The highest BCUT2D eigenvalue weighted by molar-refractivity contribution is 7.18. The van der Waals surface area contributed by atoms with Crippen molar-refractivity contribution in [3.63, 3.8) is 0 Å². The Labute approximate surface area is 113 Å². The van der Waals surface area contributed by atoms with Gasteiger partial charge in [0.2, 0.25) is 0 Å². The van der Waals surface area contributed by atoms with Gasteiger partial charge in [-0.15, -0.1) is 11.3 Å². The molecule has 94 valence electrons. The first-order chi connectivity index (χ1) is 9.24. The number of Topliss-reactive ketones (excluding diaryl/α,β-unsaturated/α-hetero) is 1. The quantitative estimate of drug-likeness (QED) is 0.742. The van der Waals surface area contributed by atoms with Gasteiger partial charge in [0, 0.05) is 6.20 Å². The van der Waals surface area contributed by atoms with Crippen LogP contribution in [0.4, 0.5) is 5.69 Å². The summed E-state index contributed by atoms with van der Waals surface area (Å²) >= 11 is 1.53. The molecule has 0 saturated carbocycles. The maximum Gasteiger partial charge on any atom is 0.190 e. The first-order valence-electron chi connectivity index (χ1n) is 5.82. The monoisotopic (exact) mass is 269 g/mol. The highest BCUT2D eigenvalue weighted by atomic mass is 32.1. The van der Waals surface area contributed by atoms with Crippen molar-refractivity contribution in [2.24, 2.45) is 0 Å². The summed E-state index contributed by atoms with van der Waals surface area (Å²) in [7, 11) is 0. The molecule has 3 aromatic rings. The van der Waals surface area contributed by atoms with E-state index in [1.165, 1.54) is 11.3 Å². The fourth-order valence-corrected chi connectivity index (χ4v) is 2.83. The van der Waals surface area contributed by atoms with Crippen molar-refractivity contribution in [1.29, 1.82) is 0 Å². The summed E-state index contributed by atoms with van der Waals surface area (Å²) in [5, 5.41) is 0.788. The third-order valence-corrected chi connectivity index (χ3v) is 3.79. The van der Waals surface area contributed by atoms with Gasteiger partial charge in [0.1, 0.15) is 10.7 Å². The van der Waals surface area contributed by atoms with Gasteiger partial charge in [-0.1, -0.05) is 12.1 Å². The fourth-order valence-electron chi connectivity index (χ4n) is 1.87. The number of carbonyl (C=O) groups excluding carboxylic acids is 1. The van der Waals surface area contributed by atoms with Gasteiger partial charge in [0.05, 0.1) is 22.3 Å². The Hall–Kier alpha value is -2.27. The molecule has 0 aliphatic heterocycles. The maximum atomic E-state index is 12.1. The van der Waals surface area contributed by atoms with Gasteiger partial charge in [0.15, 0.2) is 5.78 Å². The van der Waals surface area contributed by atoms with E-state index in [1.54, 1.807) is 18.3 Å². The molecule has 2 heterocycles. The molecule has 2 N–H and O–H groups in total. The van der Waals surface area contributed by atoms with Crippen LogP contribution >= 0.6 is 11.3 Å². The zero-order chi connectivity index (χ0) is 13.2. The first-order valence-corrected chi connectivity index (χ1v) is 6.64. The molecule has 0 amide bonds. The lowest BCUT2D eigenvalue weighted by atomic mass is 10.2. The molecule has 0 fully saturated rings. The van der Waals surface area contributed by atoms with Gasteiger partial charge in [0.25, 0.3) is 0 Å². The molecule has 0 atom stereocenters. The molecule has 5 heteroatoms. The minimum Gasteiger partial charge on any atom is -0.397 e. The minimum absolute atomic E-state index is 0.0999. The number of carbonyl (C=O) groups is 1. The molecule has 1 aromatic carbocycles. The van der Waals surface area contributed by atoms with Crippen molar-refractivity contribution in [1.82, 2.24) is 9.97 Å². The number of anilines is 1. The fraction of sp³-hybridized carbons (Fsp3) is 0.0714. The van der Waals surface area contributed by atoms with Crippen LogP contribution in [0, 0.1) is 0 Å². The predicted molar refractivity (Wildman–Crippen MR) is 76.3 cm³/mol. The normalized spacial score (nSPS) is 10.7. The molecule has 0 unspecified atom stereocenters. The molecule has 0 saturated heterocycles. The van der Waals surface area contributed by atoms with Crippen LogP contribution in [-0.2, 0) is 6.42 Å². The van der Waals surface area contributed by atoms with E-state index < -0.39 is 0 Å². The van der Waals surface area contributed by atoms with Gasteiger partial charge in [-0.05, 0) is 24.3 Å². The van der Waals surface area contributed by atoms with Crippen LogP contribution in [0.15, 0.2) is 42.6 Å². The molecule has 4 nitrogen and oxygen atoms in total. The van der Waals surface area contributed by atoms with Crippen LogP contribution in [0.1, 0.15) is 15.5 Å². The standard InChI is InChI=1S/C14H11N3OS/c15-9-4-3-7-16-14(9)11(18)8-13-17-10-5-1-2-6-12(10)19-13/h1-7H,8,15H2. The number of ketones is 1. The van der Waals surface area contributed by atoms with E-state index >= 15 is 0 Å². The van der Waals surface area contributed by atoms with Gasteiger partial charge in [-0.3, -0.25) is 9.78 Å². The summed E-state index contributed by atoms with van der Waals surface area (Å²) in [4.78, 5) is 20.6.